The minimum absolute atomic E-state index is 0.0248. The number of allylic oxidation sites excluding steroid dienone is 1. The molecule has 2 rings (SSSR count). The van der Waals surface area contributed by atoms with Gasteiger partial charge < -0.3 is 4.74 Å². The molecule has 0 saturated heterocycles. The Balaban J connectivity index is 1.85. The van der Waals surface area contributed by atoms with Crippen molar-refractivity contribution in [3.63, 3.8) is 0 Å². The molecule has 25 heavy (non-hydrogen) atoms. The van der Waals surface area contributed by atoms with E-state index in [9.17, 15) is 14.9 Å². The fourth-order valence-electron chi connectivity index (χ4n) is 1.82. The van der Waals surface area contributed by atoms with E-state index in [2.05, 4.69) is 26.5 Å². The maximum atomic E-state index is 11.7. The number of hydrogen-bond donors (Lipinski definition) is 1. The van der Waals surface area contributed by atoms with Crippen LogP contribution in [0.1, 0.15) is 5.56 Å². The predicted molar refractivity (Wildman–Crippen MR) is 98.6 cm³/mol. The molecule has 0 saturated carbocycles. The van der Waals surface area contributed by atoms with Crippen molar-refractivity contribution in [1.82, 2.24) is 5.43 Å². The van der Waals surface area contributed by atoms with Gasteiger partial charge in [-0.05, 0) is 33.6 Å². The summed E-state index contributed by atoms with van der Waals surface area (Å²) in [6, 6.07) is 15.4. The molecule has 0 aliphatic carbocycles. The molecule has 0 unspecified atom stereocenters. The number of nitrogens with zero attached hydrogens (tertiary/aromatic N) is 2. The van der Waals surface area contributed by atoms with Crippen LogP contribution in [0.15, 0.2) is 64.2 Å². The highest BCUT2D eigenvalue weighted by molar-refractivity contribution is 9.12. The van der Waals surface area contributed by atoms with Gasteiger partial charge in [-0.25, -0.2) is 5.43 Å². The van der Waals surface area contributed by atoms with Crippen LogP contribution in [0, 0.1) is 10.1 Å². The molecule has 1 N–H and O–H groups in total. The normalized spacial score (nSPS) is 11.3. The second-order valence-corrected chi connectivity index (χ2v) is 5.66. The molecule has 0 bridgehead atoms. The summed E-state index contributed by atoms with van der Waals surface area (Å²) in [5, 5.41) is 14.6. The van der Waals surface area contributed by atoms with Crippen molar-refractivity contribution in [2.24, 2.45) is 5.10 Å². The molecule has 0 radical (unpaired) electrons. The van der Waals surface area contributed by atoms with Gasteiger partial charge in [-0.3, -0.25) is 14.9 Å². The average Bonchev–Trinajstić information content (AvgIpc) is 2.61. The van der Waals surface area contributed by atoms with Gasteiger partial charge in [0.15, 0.2) is 12.4 Å². The molecule has 0 aromatic heterocycles. The van der Waals surface area contributed by atoms with Crippen molar-refractivity contribution in [3.05, 3.63) is 74.8 Å². The van der Waals surface area contributed by atoms with Crippen molar-refractivity contribution < 1.29 is 14.5 Å². The van der Waals surface area contributed by atoms with E-state index in [4.69, 9.17) is 4.74 Å². The minimum atomic E-state index is -0.573. The minimum Gasteiger partial charge on any atom is -0.477 e. The molecule has 0 aliphatic rings. The second kappa shape index (κ2) is 9.33. The number of carbonyl (C=O) groups excluding carboxylic acids is 1. The van der Waals surface area contributed by atoms with Crippen LogP contribution in [0.3, 0.4) is 0 Å². The largest absolute Gasteiger partial charge is 0.477 e. The van der Waals surface area contributed by atoms with Crippen LogP contribution >= 0.6 is 15.9 Å². The standard InChI is InChI=1S/C17H14BrN3O4/c18-14(10-13-6-2-1-3-7-13)11-19-20-17(22)12-25-16-9-5-4-8-15(16)21(23)24/h1-11H,12H2,(H,20,22)/b14-10-,19-11-. The zero-order valence-electron chi connectivity index (χ0n) is 13.0. The van der Waals surface area contributed by atoms with E-state index >= 15 is 0 Å². The Bertz CT molecular complexity index is 807. The number of rotatable bonds is 7. The van der Waals surface area contributed by atoms with Crippen LogP contribution in [-0.4, -0.2) is 23.7 Å². The Labute approximate surface area is 152 Å². The summed E-state index contributed by atoms with van der Waals surface area (Å²) in [5.74, 6) is -0.508. The molecule has 0 atom stereocenters. The second-order valence-electron chi connectivity index (χ2n) is 4.75. The van der Waals surface area contributed by atoms with Crippen LogP contribution in [0.4, 0.5) is 5.69 Å². The molecular formula is C17H14BrN3O4. The summed E-state index contributed by atoms with van der Waals surface area (Å²) in [5.41, 5.74) is 3.06. The zero-order chi connectivity index (χ0) is 18.1. The van der Waals surface area contributed by atoms with E-state index in [1.807, 2.05) is 36.4 Å². The number of ether oxygens (including phenoxy) is 1. The molecule has 7 nitrogen and oxygen atoms in total. The van der Waals surface area contributed by atoms with E-state index in [-0.39, 0.29) is 18.0 Å². The van der Waals surface area contributed by atoms with Crippen LogP contribution in [0.2, 0.25) is 0 Å². The molecule has 0 fully saturated rings. The number of benzene rings is 2. The number of hydrazone groups is 1. The number of nitro groups is 1. The Hall–Kier alpha value is -3.00. The SMILES string of the molecule is O=C(COc1ccccc1[N+](=O)[O-])N/N=C\C(Br)=C\c1ccccc1. The van der Waals surface area contributed by atoms with Gasteiger partial charge >= 0.3 is 5.69 Å². The average molecular weight is 404 g/mol. The van der Waals surface area contributed by atoms with Crippen LogP contribution in [0.5, 0.6) is 5.75 Å². The number of nitro benzene ring substituents is 1. The van der Waals surface area contributed by atoms with E-state index in [0.29, 0.717) is 4.48 Å². The van der Waals surface area contributed by atoms with Gasteiger partial charge in [0, 0.05) is 10.5 Å². The van der Waals surface area contributed by atoms with Gasteiger partial charge in [0.1, 0.15) is 0 Å². The molecule has 0 aliphatic heterocycles. The molecule has 0 spiro atoms. The van der Waals surface area contributed by atoms with E-state index in [0.717, 1.165) is 5.56 Å². The number of hydrogen-bond acceptors (Lipinski definition) is 5. The molecule has 2 aromatic carbocycles. The van der Waals surface area contributed by atoms with E-state index in [1.54, 1.807) is 6.07 Å². The smallest absolute Gasteiger partial charge is 0.310 e. The van der Waals surface area contributed by atoms with Gasteiger partial charge in [-0.2, -0.15) is 5.10 Å². The lowest BCUT2D eigenvalue weighted by Crippen LogP contribution is -2.24. The highest BCUT2D eigenvalue weighted by Crippen LogP contribution is 2.25. The first kappa shape index (κ1) is 18.3. The highest BCUT2D eigenvalue weighted by atomic mass is 79.9. The van der Waals surface area contributed by atoms with Crippen molar-refractivity contribution in [2.75, 3.05) is 6.61 Å². The summed E-state index contributed by atoms with van der Waals surface area (Å²) < 4.78 is 5.82. The first-order valence-electron chi connectivity index (χ1n) is 7.16. The summed E-state index contributed by atoms with van der Waals surface area (Å²) in [6.45, 7) is -0.387. The van der Waals surface area contributed by atoms with Gasteiger partial charge in [-0.15, -0.1) is 0 Å². The lowest BCUT2D eigenvalue weighted by atomic mass is 10.2. The van der Waals surface area contributed by atoms with Crippen LogP contribution < -0.4 is 10.2 Å². The van der Waals surface area contributed by atoms with Crippen molar-refractivity contribution in [3.8, 4) is 5.75 Å². The highest BCUT2D eigenvalue weighted by Gasteiger charge is 2.14. The van der Waals surface area contributed by atoms with Gasteiger partial charge in [0.2, 0.25) is 0 Å². The zero-order valence-corrected chi connectivity index (χ0v) is 14.5. The number of halogens is 1. The molecule has 0 heterocycles. The summed E-state index contributed by atoms with van der Waals surface area (Å²) in [7, 11) is 0. The number of nitrogens with one attached hydrogen (secondary N) is 1. The Morgan fingerprint density at radius 3 is 2.60 bits per heavy atom. The van der Waals surface area contributed by atoms with Gasteiger partial charge in [-0.1, -0.05) is 42.5 Å². The van der Waals surface area contributed by atoms with E-state index < -0.39 is 10.8 Å². The van der Waals surface area contributed by atoms with Crippen molar-refractivity contribution >= 4 is 39.8 Å². The maximum absolute atomic E-state index is 11.7. The van der Waals surface area contributed by atoms with E-state index in [1.165, 1.54) is 24.4 Å². The quantitative estimate of drug-likeness (QED) is 0.434. The monoisotopic (exact) mass is 403 g/mol. The molecule has 8 heteroatoms. The Kier molecular flexibility index (Phi) is 6.85. The third-order valence-corrected chi connectivity index (χ3v) is 3.34. The maximum Gasteiger partial charge on any atom is 0.310 e. The van der Waals surface area contributed by atoms with Gasteiger partial charge in [0.05, 0.1) is 11.1 Å². The lowest BCUT2D eigenvalue weighted by molar-refractivity contribution is -0.385. The number of carbonyl (C=O) groups is 1. The first-order valence-corrected chi connectivity index (χ1v) is 7.96. The predicted octanol–water partition coefficient (Wildman–Crippen LogP) is 3.51. The van der Waals surface area contributed by atoms with Crippen LogP contribution in [-0.2, 0) is 4.79 Å². The topological polar surface area (TPSA) is 93.8 Å². The number of para-hydroxylation sites is 2. The van der Waals surface area contributed by atoms with Crippen molar-refractivity contribution in [2.45, 2.75) is 0 Å². The molecule has 2 aromatic rings. The van der Waals surface area contributed by atoms with Gasteiger partial charge in [0.25, 0.3) is 5.91 Å². The molecular weight excluding hydrogens is 390 g/mol. The summed E-state index contributed by atoms with van der Waals surface area (Å²) in [4.78, 5) is 22.0. The Morgan fingerprint density at radius 1 is 1.20 bits per heavy atom. The molecule has 1 amide bonds. The van der Waals surface area contributed by atoms with Crippen LogP contribution in [0.25, 0.3) is 6.08 Å². The third-order valence-electron chi connectivity index (χ3n) is 2.90. The Morgan fingerprint density at radius 2 is 1.88 bits per heavy atom. The fraction of sp³-hybridized carbons (Fsp3) is 0.0588. The van der Waals surface area contributed by atoms with Crippen molar-refractivity contribution in [1.29, 1.82) is 0 Å². The number of amides is 1. The summed E-state index contributed by atoms with van der Waals surface area (Å²) >= 11 is 3.32. The first-order chi connectivity index (χ1) is 12.1. The third kappa shape index (κ3) is 6.19. The summed E-state index contributed by atoms with van der Waals surface area (Å²) in [6.07, 6.45) is 3.26. The fourth-order valence-corrected chi connectivity index (χ4v) is 2.18. The lowest BCUT2D eigenvalue weighted by Gasteiger charge is -2.05. The molecule has 128 valence electrons.